The van der Waals surface area contributed by atoms with Gasteiger partial charge < -0.3 is 0 Å². The van der Waals surface area contributed by atoms with Crippen molar-refractivity contribution in [3.05, 3.63) is 35.4 Å². The molecule has 0 saturated carbocycles. The second kappa shape index (κ2) is 14.9. The summed E-state index contributed by atoms with van der Waals surface area (Å²) in [6.45, 7) is 6.61. The van der Waals surface area contributed by atoms with Gasteiger partial charge in [0, 0.05) is 6.54 Å². The van der Waals surface area contributed by atoms with Crippen molar-refractivity contribution in [2.24, 2.45) is 0 Å². The maximum atomic E-state index is 13.3. The van der Waals surface area contributed by atoms with Gasteiger partial charge in [-0.2, -0.15) is 13.2 Å². The summed E-state index contributed by atoms with van der Waals surface area (Å²) in [5.74, 6) is 0. The highest BCUT2D eigenvalue weighted by molar-refractivity contribution is 5.29. The van der Waals surface area contributed by atoms with E-state index in [1.54, 1.807) is 12.1 Å². The summed E-state index contributed by atoms with van der Waals surface area (Å²) < 4.78 is 40.0. The molecule has 0 aromatic heterocycles. The summed E-state index contributed by atoms with van der Waals surface area (Å²) in [5, 5.41) is 0. The van der Waals surface area contributed by atoms with E-state index in [2.05, 4.69) is 18.7 Å². The third kappa shape index (κ3) is 11.1. The molecule has 1 rings (SSSR count). The van der Waals surface area contributed by atoms with Crippen LogP contribution in [0.2, 0.25) is 0 Å². The monoisotopic (exact) mass is 399 g/mol. The van der Waals surface area contributed by atoms with Crippen molar-refractivity contribution in [1.29, 1.82) is 0 Å². The molecule has 0 spiro atoms. The molecule has 28 heavy (non-hydrogen) atoms. The van der Waals surface area contributed by atoms with Gasteiger partial charge in [0.1, 0.15) is 0 Å². The fourth-order valence-corrected chi connectivity index (χ4v) is 3.68. The predicted molar refractivity (Wildman–Crippen MR) is 113 cm³/mol. The van der Waals surface area contributed by atoms with Crippen LogP contribution in [0.3, 0.4) is 0 Å². The van der Waals surface area contributed by atoms with Gasteiger partial charge in [0.15, 0.2) is 0 Å². The van der Waals surface area contributed by atoms with E-state index in [0.717, 1.165) is 25.9 Å². The number of benzene rings is 1. The molecule has 4 heteroatoms. The van der Waals surface area contributed by atoms with Crippen molar-refractivity contribution in [3.8, 4) is 0 Å². The minimum absolute atomic E-state index is 0.402. The maximum absolute atomic E-state index is 13.3. The third-order valence-corrected chi connectivity index (χ3v) is 5.37. The summed E-state index contributed by atoms with van der Waals surface area (Å²) >= 11 is 0. The lowest BCUT2D eigenvalue weighted by atomic mass is 10.1. The van der Waals surface area contributed by atoms with Crippen LogP contribution in [-0.4, -0.2) is 18.0 Å². The first-order valence-corrected chi connectivity index (χ1v) is 11.4. The van der Waals surface area contributed by atoms with E-state index >= 15 is 0 Å². The van der Waals surface area contributed by atoms with Crippen molar-refractivity contribution in [2.45, 2.75) is 104 Å². The summed E-state index contributed by atoms with van der Waals surface area (Å²) in [5.41, 5.74) is -0.0714. The van der Waals surface area contributed by atoms with Crippen LogP contribution in [-0.2, 0) is 12.7 Å². The Labute approximate surface area is 170 Å². The van der Waals surface area contributed by atoms with E-state index in [4.69, 9.17) is 0 Å². The molecular formula is C24H40F3N. The van der Waals surface area contributed by atoms with Gasteiger partial charge in [-0.25, -0.2) is 0 Å². The van der Waals surface area contributed by atoms with Crippen LogP contribution in [0.5, 0.6) is 0 Å². The first-order chi connectivity index (χ1) is 13.5. The maximum Gasteiger partial charge on any atom is 0.416 e. The molecule has 0 radical (unpaired) electrons. The van der Waals surface area contributed by atoms with Gasteiger partial charge in [0.05, 0.1) is 5.56 Å². The molecule has 0 bridgehead atoms. The molecule has 0 heterocycles. The van der Waals surface area contributed by atoms with Crippen LogP contribution in [0.25, 0.3) is 0 Å². The van der Waals surface area contributed by atoms with Crippen LogP contribution < -0.4 is 0 Å². The molecule has 1 nitrogen and oxygen atoms in total. The third-order valence-electron chi connectivity index (χ3n) is 5.37. The number of alkyl halides is 3. The topological polar surface area (TPSA) is 3.24 Å². The Morgan fingerprint density at radius 1 is 0.679 bits per heavy atom. The molecule has 0 aliphatic heterocycles. The molecule has 0 aliphatic rings. The quantitative estimate of drug-likeness (QED) is 0.253. The zero-order chi connectivity index (χ0) is 20.7. The van der Waals surface area contributed by atoms with Crippen LogP contribution in [0.15, 0.2) is 24.3 Å². The number of hydrogen-bond acceptors (Lipinski definition) is 1. The Bertz CT molecular complexity index is 483. The number of rotatable bonds is 16. The molecule has 0 atom stereocenters. The second-order valence-corrected chi connectivity index (χ2v) is 7.97. The number of halogens is 3. The standard InChI is InChI=1S/C24H40F3N/c1-3-5-7-9-11-15-19-28(20-16-12-10-8-6-4-2)21-22-17-13-14-18-23(22)24(25,26)27/h13-14,17-18H,3-12,15-16,19-21H2,1-2H3. The van der Waals surface area contributed by atoms with Gasteiger partial charge in [-0.3, -0.25) is 4.90 Å². The van der Waals surface area contributed by atoms with E-state index in [0.29, 0.717) is 12.1 Å². The van der Waals surface area contributed by atoms with Crippen molar-refractivity contribution in [3.63, 3.8) is 0 Å². The molecule has 0 N–H and O–H groups in total. The summed E-state index contributed by atoms with van der Waals surface area (Å²) in [6.07, 6.45) is 10.3. The lowest BCUT2D eigenvalue weighted by Crippen LogP contribution is -2.27. The molecule has 1 aromatic carbocycles. The van der Waals surface area contributed by atoms with Crippen molar-refractivity contribution in [1.82, 2.24) is 4.90 Å². The molecule has 0 unspecified atom stereocenters. The van der Waals surface area contributed by atoms with Crippen LogP contribution in [0.1, 0.15) is 102 Å². The minimum atomic E-state index is -4.28. The van der Waals surface area contributed by atoms with Crippen molar-refractivity contribution < 1.29 is 13.2 Å². The highest BCUT2D eigenvalue weighted by Gasteiger charge is 2.33. The van der Waals surface area contributed by atoms with Crippen LogP contribution in [0.4, 0.5) is 13.2 Å². The van der Waals surface area contributed by atoms with Gasteiger partial charge in [-0.05, 0) is 37.6 Å². The summed E-state index contributed by atoms with van der Waals surface area (Å²) in [4.78, 5) is 2.24. The zero-order valence-electron chi connectivity index (χ0n) is 18.0. The first-order valence-electron chi connectivity index (χ1n) is 11.4. The zero-order valence-corrected chi connectivity index (χ0v) is 18.0. The molecule has 1 aromatic rings. The highest BCUT2D eigenvalue weighted by atomic mass is 19.4. The van der Waals surface area contributed by atoms with E-state index in [-0.39, 0.29) is 0 Å². The molecule has 0 saturated heterocycles. The number of hydrogen-bond donors (Lipinski definition) is 0. The van der Waals surface area contributed by atoms with Gasteiger partial charge >= 0.3 is 6.18 Å². The Morgan fingerprint density at radius 3 is 1.64 bits per heavy atom. The lowest BCUT2D eigenvalue weighted by Gasteiger charge is -2.24. The molecule has 0 aliphatic carbocycles. The normalized spacial score (nSPS) is 12.1. The lowest BCUT2D eigenvalue weighted by molar-refractivity contribution is -0.138. The highest BCUT2D eigenvalue weighted by Crippen LogP contribution is 2.32. The fourth-order valence-electron chi connectivity index (χ4n) is 3.68. The number of unbranched alkanes of at least 4 members (excludes halogenated alkanes) is 10. The SMILES string of the molecule is CCCCCCCCN(CCCCCCCC)Cc1ccccc1C(F)(F)F. The van der Waals surface area contributed by atoms with Gasteiger partial charge in [0.2, 0.25) is 0 Å². The fraction of sp³-hybridized carbons (Fsp3) is 0.750. The van der Waals surface area contributed by atoms with E-state index < -0.39 is 11.7 Å². The van der Waals surface area contributed by atoms with Gasteiger partial charge in [-0.15, -0.1) is 0 Å². The Morgan fingerprint density at radius 2 is 1.14 bits per heavy atom. The van der Waals surface area contributed by atoms with E-state index in [9.17, 15) is 13.2 Å². The molecule has 0 fully saturated rings. The second-order valence-electron chi connectivity index (χ2n) is 7.97. The van der Waals surface area contributed by atoms with Gasteiger partial charge in [0.25, 0.3) is 0 Å². The van der Waals surface area contributed by atoms with Crippen molar-refractivity contribution in [2.75, 3.05) is 13.1 Å². The van der Waals surface area contributed by atoms with Crippen LogP contribution >= 0.6 is 0 Å². The van der Waals surface area contributed by atoms with Crippen LogP contribution in [0, 0.1) is 0 Å². The predicted octanol–water partition coefficient (Wildman–Crippen LogP) is 8.23. The smallest absolute Gasteiger partial charge is 0.299 e. The van der Waals surface area contributed by atoms with E-state index in [1.165, 1.54) is 76.3 Å². The average molecular weight is 400 g/mol. The first kappa shape index (κ1) is 25.0. The Kier molecular flexibility index (Phi) is 13.3. The summed E-state index contributed by atoms with van der Waals surface area (Å²) in [6, 6.07) is 6.05. The average Bonchev–Trinajstić information content (AvgIpc) is 2.66. The van der Waals surface area contributed by atoms with Crippen molar-refractivity contribution >= 4 is 0 Å². The molecule has 162 valence electrons. The largest absolute Gasteiger partial charge is 0.416 e. The molecule has 0 amide bonds. The Balaban J connectivity index is 2.57. The minimum Gasteiger partial charge on any atom is -0.299 e. The molecular weight excluding hydrogens is 359 g/mol. The van der Waals surface area contributed by atoms with Gasteiger partial charge in [-0.1, -0.05) is 96.3 Å². The number of nitrogens with zero attached hydrogens (tertiary/aromatic N) is 1. The Hall–Kier alpha value is -1.03. The summed E-state index contributed by atoms with van der Waals surface area (Å²) in [7, 11) is 0. The van der Waals surface area contributed by atoms with E-state index in [1.807, 2.05) is 0 Å².